The van der Waals surface area contributed by atoms with Gasteiger partial charge in [-0.1, -0.05) is 47.0 Å². The smallest absolute Gasteiger partial charge is 0.0621 e. The van der Waals surface area contributed by atoms with Crippen LogP contribution in [0.1, 0.15) is 31.0 Å². The van der Waals surface area contributed by atoms with Crippen molar-refractivity contribution >= 4 is 34.6 Å². The predicted octanol–water partition coefficient (Wildman–Crippen LogP) is 5.51. The van der Waals surface area contributed by atoms with E-state index in [1.54, 1.807) is 6.07 Å². The minimum atomic E-state index is 0.221. The van der Waals surface area contributed by atoms with Gasteiger partial charge in [-0.3, -0.25) is 4.90 Å². The molecular weight excluding hydrogens is 353 g/mol. The van der Waals surface area contributed by atoms with E-state index in [2.05, 4.69) is 42.3 Å². The summed E-state index contributed by atoms with van der Waals surface area (Å²) in [5.74, 6) is 0. The van der Waals surface area contributed by atoms with Gasteiger partial charge in [0.1, 0.15) is 0 Å². The van der Waals surface area contributed by atoms with Crippen LogP contribution in [-0.2, 0) is 6.54 Å². The normalized spacial score (nSPS) is 17.4. The Morgan fingerprint density at radius 2 is 1.92 bits per heavy atom. The van der Waals surface area contributed by atoms with Crippen LogP contribution < -0.4 is 11.1 Å². The van der Waals surface area contributed by atoms with E-state index in [4.69, 9.17) is 28.9 Å². The first-order valence-corrected chi connectivity index (χ1v) is 9.14. The molecule has 0 aromatic heterocycles. The maximum Gasteiger partial charge on any atom is 0.0621 e. The Morgan fingerprint density at radius 1 is 1.20 bits per heavy atom. The highest BCUT2D eigenvalue weighted by atomic mass is 35.5. The summed E-state index contributed by atoms with van der Waals surface area (Å²) in [6.07, 6.45) is 2.25. The minimum absolute atomic E-state index is 0.221. The van der Waals surface area contributed by atoms with Crippen LogP contribution in [-0.4, -0.2) is 18.0 Å². The average Bonchev–Trinajstić information content (AvgIpc) is 2.73. The number of nitrogens with zero attached hydrogens (tertiary/aromatic N) is 1. The van der Waals surface area contributed by atoms with Gasteiger partial charge in [0.25, 0.3) is 0 Å². The van der Waals surface area contributed by atoms with Crippen molar-refractivity contribution in [2.45, 2.75) is 26.4 Å². The number of allylic oxidation sites excluding steroid dienone is 1. The maximum absolute atomic E-state index is 6.23. The molecule has 1 aliphatic rings. The van der Waals surface area contributed by atoms with E-state index < -0.39 is 0 Å². The Labute approximate surface area is 159 Å². The maximum atomic E-state index is 6.23. The molecule has 0 radical (unpaired) electrons. The number of halogens is 2. The summed E-state index contributed by atoms with van der Waals surface area (Å²) < 4.78 is 0. The van der Waals surface area contributed by atoms with Crippen molar-refractivity contribution in [2.24, 2.45) is 0 Å². The lowest BCUT2D eigenvalue weighted by molar-refractivity contribution is 0.223. The number of nitrogens with one attached hydrogen (secondary N) is 1. The fourth-order valence-electron chi connectivity index (χ4n) is 3.19. The highest BCUT2D eigenvalue weighted by Gasteiger charge is 2.25. The summed E-state index contributed by atoms with van der Waals surface area (Å²) in [5, 5.41) is 4.94. The van der Waals surface area contributed by atoms with Gasteiger partial charge in [-0.2, -0.15) is 0 Å². The Bertz CT molecular complexity index is 780. The number of fused-ring (bicyclic) bond motifs is 1. The van der Waals surface area contributed by atoms with Crippen molar-refractivity contribution < 1.29 is 0 Å². The zero-order valence-corrected chi connectivity index (χ0v) is 16.0. The molecule has 132 valence electrons. The Kier molecular flexibility index (Phi) is 5.57. The van der Waals surface area contributed by atoms with Gasteiger partial charge in [-0.15, -0.1) is 0 Å². The Balaban J connectivity index is 1.98. The van der Waals surface area contributed by atoms with Crippen LogP contribution >= 0.6 is 23.2 Å². The Morgan fingerprint density at radius 3 is 2.60 bits per heavy atom. The Hall–Kier alpha value is -1.68. The van der Waals surface area contributed by atoms with Crippen LogP contribution in [0.15, 0.2) is 48.0 Å². The first-order chi connectivity index (χ1) is 11.9. The van der Waals surface area contributed by atoms with E-state index in [9.17, 15) is 0 Å². The first kappa shape index (κ1) is 18.1. The van der Waals surface area contributed by atoms with E-state index in [1.807, 2.05) is 18.2 Å². The fourth-order valence-corrected chi connectivity index (χ4v) is 3.56. The molecule has 0 fully saturated rings. The summed E-state index contributed by atoms with van der Waals surface area (Å²) >= 11 is 12.3. The van der Waals surface area contributed by atoms with Crippen LogP contribution in [0.5, 0.6) is 0 Å². The van der Waals surface area contributed by atoms with E-state index in [0.717, 1.165) is 35.9 Å². The summed E-state index contributed by atoms with van der Waals surface area (Å²) in [6.45, 7) is 6.66. The summed E-state index contributed by atoms with van der Waals surface area (Å²) in [4.78, 5) is 2.44. The molecule has 5 heteroatoms. The zero-order valence-electron chi connectivity index (χ0n) is 14.5. The molecule has 0 amide bonds. The summed E-state index contributed by atoms with van der Waals surface area (Å²) in [6, 6.07) is 12.1. The SMILES string of the molecule is CC(C)=CCN1Cc2cc(Cl)cc(N)c2NCC1c1ccc(Cl)cc1. The number of anilines is 2. The highest BCUT2D eigenvalue weighted by Crippen LogP contribution is 2.35. The monoisotopic (exact) mass is 375 g/mol. The quantitative estimate of drug-likeness (QED) is 0.548. The molecule has 0 bridgehead atoms. The van der Waals surface area contributed by atoms with Gasteiger partial charge < -0.3 is 11.1 Å². The molecule has 1 aliphatic heterocycles. The summed E-state index contributed by atoms with van der Waals surface area (Å²) in [7, 11) is 0. The molecule has 3 rings (SSSR count). The number of nitrogens with two attached hydrogens (primary N) is 1. The lowest BCUT2D eigenvalue weighted by Gasteiger charge is -2.29. The number of hydrogen-bond acceptors (Lipinski definition) is 3. The second-order valence-electron chi connectivity index (χ2n) is 6.69. The third kappa shape index (κ3) is 4.30. The van der Waals surface area contributed by atoms with Crippen LogP contribution in [0, 0.1) is 0 Å². The van der Waals surface area contributed by atoms with E-state index in [0.29, 0.717) is 10.7 Å². The third-order valence-corrected chi connectivity index (χ3v) is 4.96. The number of rotatable bonds is 3. The van der Waals surface area contributed by atoms with Gasteiger partial charge >= 0.3 is 0 Å². The topological polar surface area (TPSA) is 41.3 Å². The van der Waals surface area contributed by atoms with Crippen molar-refractivity contribution in [3.63, 3.8) is 0 Å². The molecule has 0 aliphatic carbocycles. The predicted molar refractivity (Wildman–Crippen MR) is 108 cm³/mol. The van der Waals surface area contributed by atoms with Gasteiger partial charge in [0.2, 0.25) is 0 Å². The van der Waals surface area contributed by atoms with Crippen molar-refractivity contribution in [3.8, 4) is 0 Å². The van der Waals surface area contributed by atoms with Gasteiger partial charge in [-0.25, -0.2) is 0 Å². The lowest BCUT2D eigenvalue weighted by Crippen LogP contribution is -2.31. The van der Waals surface area contributed by atoms with Crippen molar-refractivity contribution in [3.05, 3.63) is 69.2 Å². The van der Waals surface area contributed by atoms with Gasteiger partial charge in [0, 0.05) is 29.7 Å². The molecule has 25 heavy (non-hydrogen) atoms. The average molecular weight is 376 g/mol. The van der Waals surface area contributed by atoms with Crippen molar-refractivity contribution in [1.29, 1.82) is 0 Å². The van der Waals surface area contributed by atoms with E-state index in [-0.39, 0.29) is 6.04 Å². The molecule has 1 unspecified atom stereocenters. The lowest BCUT2D eigenvalue weighted by atomic mass is 10.0. The number of nitrogen functional groups attached to an aromatic ring is 1. The number of benzene rings is 2. The molecule has 2 aromatic carbocycles. The van der Waals surface area contributed by atoms with Crippen molar-refractivity contribution in [1.82, 2.24) is 4.90 Å². The third-order valence-electron chi connectivity index (χ3n) is 4.49. The molecule has 2 aromatic rings. The second-order valence-corrected chi connectivity index (χ2v) is 7.56. The molecule has 1 heterocycles. The van der Waals surface area contributed by atoms with Gasteiger partial charge in [0.15, 0.2) is 0 Å². The fraction of sp³-hybridized carbons (Fsp3) is 0.300. The van der Waals surface area contributed by atoms with Crippen LogP contribution in [0.25, 0.3) is 0 Å². The molecule has 1 atom stereocenters. The molecule has 3 nitrogen and oxygen atoms in total. The summed E-state index contributed by atoms with van der Waals surface area (Å²) in [5.41, 5.74) is 11.5. The standard InChI is InChI=1S/C20H23Cl2N3/c1-13(2)7-8-25-12-15-9-17(22)10-18(23)20(15)24-11-19(25)14-3-5-16(21)6-4-14/h3-7,9-10,19,24H,8,11-12,23H2,1-2H3. The van der Waals surface area contributed by atoms with E-state index in [1.165, 1.54) is 11.1 Å². The molecule has 0 saturated heterocycles. The van der Waals surface area contributed by atoms with Gasteiger partial charge in [0.05, 0.1) is 17.4 Å². The molecule has 0 spiro atoms. The minimum Gasteiger partial charge on any atom is -0.397 e. The zero-order chi connectivity index (χ0) is 18.0. The second kappa shape index (κ2) is 7.69. The van der Waals surface area contributed by atoms with E-state index >= 15 is 0 Å². The van der Waals surface area contributed by atoms with Crippen LogP contribution in [0.2, 0.25) is 10.0 Å². The van der Waals surface area contributed by atoms with Crippen molar-refractivity contribution in [2.75, 3.05) is 24.1 Å². The van der Waals surface area contributed by atoms with Crippen LogP contribution in [0.4, 0.5) is 11.4 Å². The van der Waals surface area contributed by atoms with Crippen LogP contribution in [0.3, 0.4) is 0 Å². The largest absolute Gasteiger partial charge is 0.397 e. The first-order valence-electron chi connectivity index (χ1n) is 8.38. The number of hydrogen-bond donors (Lipinski definition) is 2. The molecule has 3 N–H and O–H groups in total. The highest BCUT2D eigenvalue weighted by molar-refractivity contribution is 6.31. The molecule has 0 saturated carbocycles. The molecular formula is C20H23Cl2N3. The van der Waals surface area contributed by atoms with Gasteiger partial charge in [-0.05, 0) is 49.2 Å².